The maximum Gasteiger partial charge on any atom is 0.220 e. The number of anilines is 2. The normalized spacial score (nSPS) is 13.9. The number of fused-ring (bicyclic) bond motifs is 1. The molecule has 1 aliphatic rings. The number of benzene rings is 1. The zero-order chi connectivity index (χ0) is 20.5. The lowest BCUT2D eigenvalue weighted by atomic mass is 10.1. The molecule has 3 N–H and O–H groups in total. The average molecular weight is 436 g/mol. The van der Waals surface area contributed by atoms with Gasteiger partial charge in [0.2, 0.25) is 5.95 Å². The molecular weight excluding hydrogens is 417 g/mol. The van der Waals surface area contributed by atoms with Crippen LogP contribution in [0.25, 0.3) is 22.2 Å². The number of ether oxygens (including phenoxy) is 3. The van der Waals surface area contributed by atoms with Gasteiger partial charge in [0.15, 0.2) is 5.82 Å². The fourth-order valence-electron chi connectivity index (χ4n) is 3.06. The summed E-state index contributed by atoms with van der Waals surface area (Å²) in [5.74, 6) is 2.01. The van der Waals surface area contributed by atoms with Crippen molar-refractivity contribution in [2.75, 3.05) is 45.0 Å². The van der Waals surface area contributed by atoms with Crippen LogP contribution in [0.5, 0.6) is 11.5 Å². The van der Waals surface area contributed by atoms with E-state index in [0.717, 1.165) is 5.39 Å². The van der Waals surface area contributed by atoms with Crippen LogP contribution in [0.15, 0.2) is 18.3 Å². The van der Waals surface area contributed by atoms with Crippen molar-refractivity contribution >= 4 is 45.9 Å². The van der Waals surface area contributed by atoms with Gasteiger partial charge in [-0.25, -0.2) is 15.0 Å². The molecule has 3 aromatic rings. The van der Waals surface area contributed by atoms with Gasteiger partial charge in [-0.2, -0.15) is 0 Å². The average Bonchev–Trinajstić information content (AvgIpc) is 2.67. The molecule has 1 aliphatic heterocycles. The first-order valence-corrected chi connectivity index (χ1v) is 9.62. The molecule has 29 heavy (non-hydrogen) atoms. The Hall–Kier alpha value is -2.55. The van der Waals surface area contributed by atoms with Crippen LogP contribution in [0.4, 0.5) is 11.8 Å². The van der Waals surface area contributed by atoms with Crippen molar-refractivity contribution < 1.29 is 14.2 Å². The Labute approximate surface area is 177 Å². The number of pyridine rings is 1. The van der Waals surface area contributed by atoms with Gasteiger partial charge in [-0.3, -0.25) is 0 Å². The number of halogens is 2. The number of aromatic nitrogens is 3. The molecule has 1 saturated heterocycles. The van der Waals surface area contributed by atoms with Gasteiger partial charge in [0.05, 0.1) is 43.2 Å². The fourth-order valence-corrected chi connectivity index (χ4v) is 3.75. The summed E-state index contributed by atoms with van der Waals surface area (Å²) in [4.78, 5) is 13.2. The third-order valence-corrected chi connectivity index (χ3v) is 5.43. The van der Waals surface area contributed by atoms with Crippen LogP contribution in [-0.4, -0.2) is 48.9 Å². The standard InChI is InChI=1S/C19H19Cl2N5O3/c1-27-12-4-13(28-2)16(21)14(15(12)20)11-3-10-6-24-19(22)26-17(10)18(25-11)23-5-9-7-29-8-9/h3-4,6,9H,5,7-8H2,1-2H3,(H,23,25)(H2,22,24,26). The summed E-state index contributed by atoms with van der Waals surface area (Å²) in [6.07, 6.45) is 1.64. The van der Waals surface area contributed by atoms with Crippen LogP contribution in [0.3, 0.4) is 0 Å². The molecule has 0 amide bonds. The monoisotopic (exact) mass is 435 g/mol. The Balaban J connectivity index is 1.89. The second-order valence-corrected chi connectivity index (χ2v) is 7.35. The SMILES string of the molecule is COc1cc(OC)c(Cl)c(-c2cc3cnc(N)nc3c(NCC3COC3)n2)c1Cl. The molecule has 4 rings (SSSR count). The van der Waals surface area contributed by atoms with Crippen molar-refractivity contribution in [1.29, 1.82) is 0 Å². The highest BCUT2D eigenvalue weighted by Gasteiger charge is 2.23. The molecule has 0 unspecified atom stereocenters. The van der Waals surface area contributed by atoms with Crippen LogP contribution in [0.1, 0.15) is 0 Å². The molecule has 0 aliphatic carbocycles. The zero-order valence-corrected chi connectivity index (χ0v) is 17.3. The Bertz CT molecular complexity index is 1050. The lowest BCUT2D eigenvalue weighted by molar-refractivity contribution is -0.0248. The molecular formula is C19H19Cl2N5O3. The van der Waals surface area contributed by atoms with E-state index in [1.54, 1.807) is 18.3 Å². The first-order valence-electron chi connectivity index (χ1n) is 8.87. The Morgan fingerprint density at radius 2 is 1.83 bits per heavy atom. The number of hydrogen-bond acceptors (Lipinski definition) is 8. The largest absolute Gasteiger partial charge is 0.495 e. The van der Waals surface area contributed by atoms with Gasteiger partial charge in [-0.1, -0.05) is 23.2 Å². The summed E-state index contributed by atoms with van der Waals surface area (Å²) >= 11 is 13.1. The smallest absolute Gasteiger partial charge is 0.220 e. The van der Waals surface area contributed by atoms with Crippen molar-refractivity contribution in [2.45, 2.75) is 0 Å². The third-order valence-electron chi connectivity index (χ3n) is 4.68. The molecule has 0 radical (unpaired) electrons. The van der Waals surface area contributed by atoms with E-state index in [9.17, 15) is 0 Å². The van der Waals surface area contributed by atoms with Gasteiger partial charge in [-0.05, 0) is 6.07 Å². The highest BCUT2D eigenvalue weighted by molar-refractivity contribution is 6.41. The van der Waals surface area contributed by atoms with E-state index < -0.39 is 0 Å². The molecule has 0 saturated carbocycles. The molecule has 0 spiro atoms. The lowest BCUT2D eigenvalue weighted by Gasteiger charge is -2.26. The van der Waals surface area contributed by atoms with Crippen LogP contribution in [0.2, 0.25) is 10.0 Å². The summed E-state index contributed by atoms with van der Waals surface area (Å²) in [6, 6.07) is 3.44. The number of methoxy groups -OCH3 is 2. The van der Waals surface area contributed by atoms with Gasteiger partial charge >= 0.3 is 0 Å². The maximum absolute atomic E-state index is 6.57. The van der Waals surface area contributed by atoms with Crippen LogP contribution in [-0.2, 0) is 4.74 Å². The van der Waals surface area contributed by atoms with Crippen molar-refractivity contribution in [3.8, 4) is 22.8 Å². The van der Waals surface area contributed by atoms with Gasteiger partial charge in [0, 0.05) is 35.7 Å². The lowest BCUT2D eigenvalue weighted by Crippen LogP contribution is -2.33. The molecule has 1 fully saturated rings. The van der Waals surface area contributed by atoms with Crippen molar-refractivity contribution in [2.24, 2.45) is 5.92 Å². The Kier molecular flexibility index (Phi) is 5.49. The summed E-state index contributed by atoms with van der Waals surface area (Å²) in [7, 11) is 3.05. The van der Waals surface area contributed by atoms with E-state index in [1.807, 2.05) is 0 Å². The molecule has 0 bridgehead atoms. The van der Waals surface area contributed by atoms with E-state index in [0.29, 0.717) is 69.8 Å². The predicted octanol–water partition coefficient (Wildman–Crippen LogP) is 3.66. The molecule has 8 nitrogen and oxygen atoms in total. The number of hydrogen-bond donors (Lipinski definition) is 2. The summed E-state index contributed by atoms with van der Waals surface area (Å²) in [5, 5.41) is 4.75. The van der Waals surface area contributed by atoms with Crippen LogP contribution < -0.4 is 20.5 Å². The van der Waals surface area contributed by atoms with Crippen molar-refractivity contribution in [3.05, 3.63) is 28.4 Å². The number of rotatable bonds is 6. The summed E-state index contributed by atoms with van der Waals surface area (Å²) in [6.45, 7) is 2.12. The van der Waals surface area contributed by atoms with Crippen LogP contribution >= 0.6 is 23.2 Å². The van der Waals surface area contributed by atoms with E-state index in [1.165, 1.54) is 14.2 Å². The molecule has 152 valence electrons. The van der Waals surface area contributed by atoms with E-state index in [4.69, 9.17) is 48.1 Å². The number of nitrogens with zero attached hydrogens (tertiary/aromatic N) is 3. The van der Waals surface area contributed by atoms with Gasteiger partial charge in [0.25, 0.3) is 0 Å². The van der Waals surface area contributed by atoms with Gasteiger partial charge < -0.3 is 25.3 Å². The van der Waals surface area contributed by atoms with Gasteiger partial charge in [0.1, 0.15) is 17.0 Å². The molecule has 1 aromatic carbocycles. The second kappa shape index (κ2) is 8.06. The minimum absolute atomic E-state index is 0.168. The summed E-state index contributed by atoms with van der Waals surface area (Å²) in [5.41, 5.74) is 7.43. The summed E-state index contributed by atoms with van der Waals surface area (Å²) < 4.78 is 16.0. The number of nitrogen functional groups attached to an aromatic ring is 1. The van der Waals surface area contributed by atoms with E-state index in [2.05, 4.69) is 15.3 Å². The third kappa shape index (κ3) is 3.71. The zero-order valence-electron chi connectivity index (χ0n) is 15.8. The van der Waals surface area contributed by atoms with Crippen molar-refractivity contribution in [3.63, 3.8) is 0 Å². The topological polar surface area (TPSA) is 104 Å². The van der Waals surface area contributed by atoms with Crippen molar-refractivity contribution in [1.82, 2.24) is 15.0 Å². The number of nitrogens with one attached hydrogen (secondary N) is 1. The maximum atomic E-state index is 6.57. The number of nitrogens with two attached hydrogens (primary N) is 1. The fraction of sp³-hybridized carbons (Fsp3) is 0.316. The van der Waals surface area contributed by atoms with E-state index >= 15 is 0 Å². The minimum atomic E-state index is 0.168. The first kappa shape index (κ1) is 19.8. The van der Waals surface area contributed by atoms with E-state index in [-0.39, 0.29) is 5.95 Å². The quantitative estimate of drug-likeness (QED) is 0.604. The minimum Gasteiger partial charge on any atom is -0.495 e. The first-order chi connectivity index (χ1) is 14.0. The second-order valence-electron chi connectivity index (χ2n) is 6.59. The Morgan fingerprint density at radius 3 is 2.41 bits per heavy atom. The predicted molar refractivity (Wildman–Crippen MR) is 113 cm³/mol. The molecule has 10 heteroatoms. The highest BCUT2D eigenvalue weighted by Crippen LogP contribution is 2.46. The molecule has 0 atom stereocenters. The highest BCUT2D eigenvalue weighted by atomic mass is 35.5. The molecule has 2 aromatic heterocycles. The van der Waals surface area contributed by atoms with Crippen LogP contribution in [0, 0.1) is 5.92 Å². The van der Waals surface area contributed by atoms with Gasteiger partial charge in [-0.15, -0.1) is 0 Å². The molecule has 3 heterocycles. The Morgan fingerprint density at radius 1 is 1.14 bits per heavy atom.